The van der Waals surface area contributed by atoms with Gasteiger partial charge in [-0.15, -0.1) is 0 Å². The van der Waals surface area contributed by atoms with Gasteiger partial charge in [0.1, 0.15) is 17.2 Å². The van der Waals surface area contributed by atoms with Gasteiger partial charge in [0, 0.05) is 6.54 Å². The van der Waals surface area contributed by atoms with Crippen molar-refractivity contribution in [1.82, 2.24) is 5.32 Å². The van der Waals surface area contributed by atoms with Gasteiger partial charge in [-0.25, -0.2) is 4.79 Å². The third-order valence-electron chi connectivity index (χ3n) is 3.68. The number of hydrogen-bond donors (Lipinski definition) is 2. The zero-order valence-corrected chi connectivity index (χ0v) is 14.7. The van der Waals surface area contributed by atoms with Crippen LogP contribution in [0.25, 0.3) is 0 Å². The summed E-state index contributed by atoms with van der Waals surface area (Å²) in [6.07, 6.45) is 0.511. The first kappa shape index (κ1) is 19.1. The van der Waals surface area contributed by atoms with E-state index in [9.17, 15) is 9.59 Å². The molecule has 0 aliphatic rings. The van der Waals surface area contributed by atoms with Crippen molar-refractivity contribution >= 4 is 11.9 Å². The molecule has 2 aromatic rings. The van der Waals surface area contributed by atoms with Gasteiger partial charge in [0.15, 0.2) is 6.61 Å². The van der Waals surface area contributed by atoms with Gasteiger partial charge >= 0.3 is 5.97 Å². The zero-order chi connectivity index (χ0) is 18.9. The van der Waals surface area contributed by atoms with E-state index in [1.165, 1.54) is 19.2 Å². The molecule has 7 nitrogen and oxygen atoms in total. The fraction of sp³-hybridized carbons (Fsp3) is 0.263. The summed E-state index contributed by atoms with van der Waals surface area (Å²) in [5.74, 6) is 0.506. The lowest BCUT2D eigenvalue weighted by Gasteiger charge is -2.11. The number of rotatable bonds is 9. The van der Waals surface area contributed by atoms with E-state index in [0.717, 1.165) is 5.56 Å². The predicted molar refractivity (Wildman–Crippen MR) is 95.2 cm³/mol. The van der Waals surface area contributed by atoms with E-state index in [2.05, 4.69) is 5.32 Å². The van der Waals surface area contributed by atoms with E-state index >= 15 is 0 Å². The number of hydrogen-bond acceptors (Lipinski definition) is 5. The highest BCUT2D eigenvalue weighted by molar-refractivity contribution is 5.88. The van der Waals surface area contributed by atoms with Crippen LogP contribution in [0.5, 0.6) is 17.2 Å². The van der Waals surface area contributed by atoms with Crippen LogP contribution in [0.2, 0.25) is 0 Å². The van der Waals surface area contributed by atoms with Gasteiger partial charge < -0.3 is 24.6 Å². The van der Waals surface area contributed by atoms with Crippen LogP contribution < -0.4 is 19.5 Å². The molecular weight excluding hydrogens is 338 g/mol. The Hall–Kier alpha value is -3.22. The van der Waals surface area contributed by atoms with Crippen molar-refractivity contribution in [2.24, 2.45) is 0 Å². The Labute approximate surface area is 151 Å². The van der Waals surface area contributed by atoms with Crippen LogP contribution in [0.15, 0.2) is 42.5 Å². The van der Waals surface area contributed by atoms with E-state index in [4.69, 9.17) is 19.3 Å². The average molecular weight is 359 g/mol. The summed E-state index contributed by atoms with van der Waals surface area (Å²) in [5, 5.41) is 11.7. The molecule has 0 atom stereocenters. The lowest BCUT2D eigenvalue weighted by Crippen LogP contribution is -2.30. The van der Waals surface area contributed by atoms with Gasteiger partial charge in [-0.1, -0.05) is 6.07 Å². The maximum atomic E-state index is 11.9. The van der Waals surface area contributed by atoms with E-state index in [1.54, 1.807) is 37.4 Å². The number of nitrogens with one attached hydrogen (secondary N) is 1. The molecule has 0 radical (unpaired) electrons. The van der Waals surface area contributed by atoms with Crippen molar-refractivity contribution in [2.45, 2.75) is 6.42 Å². The van der Waals surface area contributed by atoms with Crippen LogP contribution in [0.3, 0.4) is 0 Å². The molecule has 2 aromatic carbocycles. The molecule has 0 aromatic heterocycles. The Balaban J connectivity index is 1.79. The second-order valence-corrected chi connectivity index (χ2v) is 5.40. The lowest BCUT2D eigenvalue weighted by molar-refractivity contribution is -0.123. The lowest BCUT2D eigenvalue weighted by atomic mass is 10.1. The molecular formula is C19H21NO6. The number of ether oxygens (including phenoxy) is 3. The number of benzene rings is 2. The Morgan fingerprint density at radius 1 is 1.00 bits per heavy atom. The number of carbonyl (C=O) groups is 2. The molecule has 0 spiro atoms. The van der Waals surface area contributed by atoms with E-state index in [1.807, 2.05) is 0 Å². The Morgan fingerprint density at radius 3 is 2.31 bits per heavy atom. The molecule has 0 fully saturated rings. The van der Waals surface area contributed by atoms with E-state index in [-0.39, 0.29) is 18.1 Å². The molecule has 0 bridgehead atoms. The van der Waals surface area contributed by atoms with Crippen molar-refractivity contribution in [2.75, 3.05) is 27.4 Å². The Kier molecular flexibility index (Phi) is 6.84. The van der Waals surface area contributed by atoms with Crippen LogP contribution in [-0.4, -0.2) is 44.4 Å². The minimum atomic E-state index is -1.01. The highest BCUT2D eigenvalue weighted by atomic mass is 16.5. The Morgan fingerprint density at radius 2 is 1.69 bits per heavy atom. The summed E-state index contributed by atoms with van der Waals surface area (Å²) in [6, 6.07) is 11.6. The first-order chi connectivity index (χ1) is 12.5. The summed E-state index contributed by atoms with van der Waals surface area (Å²) in [5.41, 5.74) is 0.969. The fourth-order valence-electron chi connectivity index (χ4n) is 2.29. The van der Waals surface area contributed by atoms with Gasteiger partial charge in [0.2, 0.25) is 0 Å². The molecule has 7 heteroatoms. The van der Waals surface area contributed by atoms with Crippen LogP contribution in [-0.2, 0) is 11.2 Å². The summed E-state index contributed by atoms with van der Waals surface area (Å²) in [6.45, 7) is 0.287. The summed E-state index contributed by atoms with van der Waals surface area (Å²) in [4.78, 5) is 22.8. The molecule has 2 rings (SSSR count). The highest BCUT2D eigenvalue weighted by Crippen LogP contribution is 2.20. The minimum absolute atomic E-state index is 0.0958. The van der Waals surface area contributed by atoms with Crippen LogP contribution in [0.1, 0.15) is 15.9 Å². The monoisotopic (exact) mass is 359 g/mol. The number of carbonyl (C=O) groups excluding carboxylic acids is 1. The first-order valence-electron chi connectivity index (χ1n) is 7.97. The maximum absolute atomic E-state index is 11.9. The van der Waals surface area contributed by atoms with Crippen LogP contribution in [0.4, 0.5) is 0 Å². The second kappa shape index (κ2) is 9.31. The zero-order valence-electron chi connectivity index (χ0n) is 14.7. The van der Waals surface area contributed by atoms with Crippen molar-refractivity contribution in [3.8, 4) is 17.2 Å². The number of carboxylic acids is 1. The number of amides is 1. The predicted octanol–water partition coefficient (Wildman–Crippen LogP) is 2.14. The molecule has 26 heavy (non-hydrogen) atoms. The van der Waals surface area contributed by atoms with Crippen molar-refractivity contribution in [3.05, 3.63) is 53.6 Å². The van der Waals surface area contributed by atoms with Crippen LogP contribution >= 0.6 is 0 Å². The van der Waals surface area contributed by atoms with Gasteiger partial charge in [-0.05, 0) is 48.4 Å². The van der Waals surface area contributed by atoms with Gasteiger partial charge in [0.25, 0.3) is 5.91 Å². The smallest absolute Gasteiger partial charge is 0.335 e. The van der Waals surface area contributed by atoms with Gasteiger partial charge in [0.05, 0.1) is 19.8 Å². The standard InChI is InChI=1S/C19H21NO6/c1-24-15-5-7-16(8-6-15)26-12-18(21)20-10-9-13-3-4-14(19(22)23)11-17(13)25-2/h3-8,11H,9-10,12H2,1-2H3,(H,20,21)(H,22,23). The quantitative estimate of drug-likeness (QED) is 0.712. The van der Waals surface area contributed by atoms with Gasteiger partial charge in [-0.3, -0.25) is 4.79 Å². The molecule has 1 amide bonds. The molecule has 0 aliphatic carbocycles. The number of aromatic carboxylic acids is 1. The summed E-state index contributed by atoms with van der Waals surface area (Å²) in [7, 11) is 3.05. The van der Waals surface area contributed by atoms with Crippen molar-refractivity contribution < 1.29 is 28.9 Å². The highest BCUT2D eigenvalue weighted by Gasteiger charge is 2.09. The Bertz CT molecular complexity index is 757. The number of methoxy groups -OCH3 is 2. The normalized spacial score (nSPS) is 10.1. The molecule has 2 N–H and O–H groups in total. The minimum Gasteiger partial charge on any atom is -0.497 e. The largest absolute Gasteiger partial charge is 0.497 e. The molecule has 138 valence electrons. The third kappa shape index (κ3) is 5.41. The van der Waals surface area contributed by atoms with Crippen molar-refractivity contribution in [1.29, 1.82) is 0 Å². The van der Waals surface area contributed by atoms with Crippen LogP contribution in [0, 0.1) is 0 Å². The average Bonchev–Trinajstić information content (AvgIpc) is 2.66. The summed E-state index contributed by atoms with van der Waals surface area (Å²) >= 11 is 0. The number of carboxylic acid groups (broad SMARTS) is 1. The second-order valence-electron chi connectivity index (χ2n) is 5.40. The molecule has 0 heterocycles. The fourth-order valence-corrected chi connectivity index (χ4v) is 2.29. The van der Waals surface area contributed by atoms with E-state index < -0.39 is 5.97 Å². The molecule has 0 aliphatic heterocycles. The molecule has 0 unspecified atom stereocenters. The third-order valence-corrected chi connectivity index (χ3v) is 3.68. The van der Waals surface area contributed by atoms with E-state index in [0.29, 0.717) is 30.2 Å². The maximum Gasteiger partial charge on any atom is 0.335 e. The summed E-state index contributed by atoms with van der Waals surface area (Å²) < 4.78 is 15.7. The molecule has 0 saturated heterocycles. The SMILES string of the molecule is COc1ccc(OCC(=O)NCCc2ccc(C(=O)O)cc2OC)cc1. The topological polar surface area (TPSA) is 94.1 Å². The first-order valence-corrected chi connectivity index (χ1v) is 7.97. The molecule has 0 saturated carbocycles. The van der Waals surface area contributed by atoms with Crippen molar-refractivity contribution in [3.63, 3.8) is 0 Å². The van der Waals surface area contributed by atoms with Gasteiger partial charge in [-0.2, -0.15) is 0 Å².